The Morgan fingerprint density at radius 2 is 1.90 bits per heavy atom. The van der Waals surface area contributed by atoms with E-state index in [2.05, 4.69) is 10.4 Å². The highest BCUT2D eigenvalue weighted by molar-refractivity contribution is 5.90. The number of amides is 1. The molecule has 108 valence electrons. The van der Waals surface area contributed by atoms with Gasteiger partial charge in [0.15, 0.2) is 0 Å². The highest BCUT2D eigenvalue weighted by Gasteiger charge is 2.51. The fourth-order valence-corrected chi connectivity index (χ4v) is 5.53. The summed E-state index contributed by atoms with van der Waals surface area (Å²) in [5.41, 5.74) is 0.317. The van der Waals surface area contributed by atoms with Crippen molar-refractivity contribution in [3.8, 4) is 0 Å². The summed E-state index contributed by atoms with van der Waals surface area (Å²) in [5, 5.41) is 7.12. The highest BCUT2D eigenvalue weighted by atomic mass is 16.1. The Hall–Kier alpha value is -1.32. The maximum Gasteiger partial charge on any atom is 0.226 e. The third-order valence-electron chi connectivity index (χ3n) is 5.79. The lowest BCUT2D eigenvalue weighted by Crippen LogP contribution is -2.47. The average molecular weight is 273 g/mol. The second-order valence-corrected chi connectivity index (χ2v) is 7.48. The van der Waals surface area contributed by atoms with E-state index in [-0.39, 0.29) is 5.91 Å². The SMILES string of the molecule is Cn1nccc1NC(=O)CC12CC3CC(CC(C3)C1)C2. The molecule has 1 heterocycles. The van der Waals surface area contributed by atoms with Crippen LogP contribution in [0.1, 0.15) is 44.9 Å². The van der Waals surface area contributed by atoms with Gasteiger partial charge in [0.1, 0.15) is 5.82 Å². The first-order chi connectivity index (χ1) is 9.62. The van der Waals surface area contributed by atoms with Gasteiger partial charge < -0.3 is 5.32 Å². The first kappa shape index (κ1) is 12.4. The van der Waals surface area contributed by atoms with E-state index in [4.69, 9.17) is 0 Å². The molecule has 20 heavy (non-hydrogen) atoms. The second kappa shape index (κ2) is 4.34. The smallest absolute Gasteiger partial charge is 0.226 e. The number of aryl methyl sites for hydroxylation is 1. The Kier molecular flexibility index (Phi) is 2.69. The van der Waals surface area contributed by atoms with Gasteiger partial charge in [-0.15, -0.1) is 0 Å². The first-order valence-corrected chi connectivity index (χ1v) is 7.90. The average Bonchev–Trinajstić information content (AvgIpc) is 2.72. The molecule has 0 saturated heterocycles. The molecule has 0 radical (unpaired) electrons. The molecule has 0 aromatic carbocycles. The molecule has 0 spiro atoms. The van der Waals surface area contributed by atoms with E-state index in [0.717, 1.165) is 23.6 Å². The standard InChI is InChI=1S/C16H23N3O/c1-19-14(2-3-17-19)18-15(20)10-16-7-11-4-12(8-16)6-13(5-11)9-16/h2-3,11-13H,4-10H2,1H3,(H,18,20). The minimum atomic E-state index is 0.176. The lowest BCUT2D eigenvalue weighted by atomic mass is 9.49. The molecule has 0 unspecified atom stereocenters. The molecular formula is C16H23N3O. The maximum atomic E-state index is 12.4. The molecule has 1 N–H and O–H groups in total. The van der Waals surface area contributed by atoms with Crippen molar-refractivity contribution >= 4 is 11.7 Å². The van der Waals surface area contributed by atoms with E-state index >= 15 is 0 Å². The van der Waals surface area contributed by atoms with E-state index in [9.17, 15) is 4.79 Å². The number of nitrogens with zero attached hydrogens (tertiary/aromatic N) is 2. The zero-order chi connectivity index (χ0) is 13.7. The fourth-order valence-electron chi connectivity index (χ4n) is 5.53. The van der Waals surface area contributed by atoms with Crippen molar-refractivity contribution in [2.24, 2.45) is 30.2 Å². The number of carbonyl (C=O) groups excluding carboxylic acids is 1. The lowest BCUT2D eigenvalue weighted by molar-refractivity contribution is -0.124. The van der Waals surface area contributed by atoms with Crippen molar-refractivity contribution < 1.29 is 4.79 Å². The summed E-state index contributed by atoms with van der Waals surface area (Å²) in [6, 6.07) is 1.86. The fraction of sp³-hybridized carbons (Fsp3) is 0.750. The minimum Gasteiger partial charge on any atom is -0.311 e. The van der Waals surface area contributed by atoms with Gasteiger partial charge >= 0.3 is 0 Å². The summed E-state index contributed by atoms with van der Waals surface area (Å²) in [6.45, 7) is 0. The number of rotatable bonds is 3. The Balaban J connectivity index is 1.46. The van der Waals surface area contributed by atoms with Gasteiger partial charge in [0.25, 0.3) is 0 Å². The molecule has 1 aromatic heterocycles. The normalized spacial score (nSPS) is 38.1. The highest BCUT2D eigenvalue weighted by Crippen LogP contribution is 2.61. The first-order valence-electron chi connectivity index (χ1n) is 7.90. The Bertz CT molecular complexity index is 498. The molecule has 4 aliphatic carbocycles. The van der Waals surface area contributed by atoms with Crippen LogP contribution >= 0.6 is 0 Å². The number of anilines is 1. The van der Waals surface area contributed by atoms with Crippen LogP contribution in [-0.2, 0) is 11.8 Å². The van der Waals surface area contributed by atoms with Gasteiger partial charge in [-0.3, -0.25) is 9.48 Å². The van der Waals surface area contributed by atoms with E-state index < -0.39 is 0 Å². The topological polar surface area (TPSA) is 46.9 Å². The van der Waals surface area contributed by atoms with Gasteiger partial charge in [-0.25, -0.2) is 0 Å². The Morgan fingerprint density at radius 3 is 2.40 bits per heavy atom. The van der Waals surface area contributed by atoms with Crippen molar-refractivity contribution in [2.45, 2.75) is 44.9 Å². The zero-order valence-corrected chi connectivity index (χ0v) is 12.1. The van der Waals surface area contributed by atoms with Crippen molar-refractivity contribution in [1.29, 1.82) is 0 Å². The van der Waals surface area contributed by atoms with Gasteiger partial charge in [0, 0.05) is 19.5 Å². The van der Waals surface area contributed by atoms with Crippen molar-refractivity contribution in [1.82, 2.24) is 9.78 Å². The second-order valence-electron chi connectivity index (χ2n) is 7.48. The zero-order valence-electron chi connectivity index (χ0n) is 12.1. The molecule has 1 aromatic rings. The van der Waals surface area contributed by atoms with Gasteiger partial charge in [0.2, 0.25) is 5.91 Å². The predicted octanol–water partition coefficient (Wildman–Crippen LogP) is 2.97. The number of carbonyl (C=O) groups is 1. The third kappa shape index (κ3) is 2.05. The number of aromatic nitrogens is 2. The molecule has 4 nitrogen and oxygen atoms in total. The quantitative estimate of drug-likeness (QED) is 0.920. The van der Waals surface area contributed by atoms with Crippen LogP contribution in [0.25, 0.3) is 0 Å². The lowest BCUT2D eigenvalue weighted by Gasteiger charge is -2.56. The summed E-state index contributed by atoms with van der Waals surface area (Å²) in [4.78, 5) is 12.4. The molecule has 4 heteroatoms. The Morgan fingerprint density at radius 1 is 1.30 bits per heavy atom. The largest absolute Gasteiger partial charge is 0.311 e. The van der Waals surface area contributed by atoms with Crippen LogP contribution < -0.4 is 5.32 Å². The maximum absolute atomic E-state index is 12.4. The van der Waals surface area contributed by atoms with E-state index in [1.165, 1.54) is 38.5 Å². The van der Waals surface area contributed by atoms with E-state index in [0.29, 0.717) is 11.8 Å². The molecule has 4 saturated carbocycles. The van der Waals surface area contributed by atoms with Crippen LogP contribution in [0.2, 0.25) is 0 Å². The van der Waals surface area contributed by atoms with Gasteiger partial charge in [-0.05, 0) is 61.7 Å². The molecule has 0 aliphatic heterocycles. The van der Waals surface area contributed by atoms with Gasteiger partial charge in [-0.2, -0.15) is 5.10 Å². The minimum absolute atomic E-state index is 0.176. The van der Waals surface area contributed by atoms with Crippen LogP contribution in [0.15, 0.2) is 12.3 Å². The van der Waals surface area contributed by atoms with Gasteiger partial charge in [0.05, 0.1) is 6.20 Å². The number of nitrogens with one attached hydrogen (secondary N) is 1. The molecule has 1 amide bonds. The summed E-state index contributed by atoms with van der Waals surface area (Å²) < 4.78 is 1.72. The van der Waals surface area contributed by atoms with Crippen molar-refractivity contribution in [2.75, 3.05) is 5.32 Å². The predicted molar refractivity (Wildman–Crippen MR) is 77.1 cm³/mol. The summed E-state index contributed by atoms with van der Waals surface area (Å²) in [6.07, 6.45) is 10.6. The number of hydrogen-bond acceptors (Lipinski definition) is 2. The van der Waals surface area contributed by atoms with Crippen molar-refractivity contribution in [3.63, 3.8) is 0 Å². The molecule has 4 fully saturated rings. The molecule has 4 aliphatic rings. The van der Waals surface area contributed by atoms with E-state index in [1.54, 1.807) is 10.9 Å². The van der Waals surface area contributed by atoms with Crippen LogP contribution in [0.3, 0.4) is 0 Å². The summed E-state index contributed by atoms with van der Waals surface area (Å²) in [7, 11) is 1.86. The molecule has 0 atom stereocenters. The van der Waals surface area contributed by atoms with Crippen LogP contribution in [0.4, 0.5) is 5.82 Å². The summed E-state index contributed by atoms with van der Waals surface area (Å²) >= 11 is 0. The molecule has 4 bridgehead atoms. The molecular weight excluding hydrogens is 250 g/mol. The monoisotopic (exact) mass is 273 g/mol. The van der Waals surface area contributed by atoms with Crippen LogP contribution in [0.5, 0.6) is 0 Å². The molecule has 5 rings (SSSR count). The van der Waals surface area contributed by atoms with Crippen LogP contribution in [-0.4, -0.2) is 15.7 Å². The van der Waals surface area contributed by atoms with Crippen LogP contribution in [0, 0.1) is 23.2 Å². The van der Waals surface area contributed by atoms with Crippen molar-refractivity contribution in [3.05, 3.63) is 12.3 Å². The Labute approximate surface area is 119 Å². The third-order valence-corrected chi connectivity index (χ3v) is 5.79. The number of hydrogen-bond donors (Lipinski definition) is 1. The summed E-state index contributed by atoms with van der Waals surface area (Å²) in [5.74, 6) is 3.71. The van der Waals surface area contributed by atoms with Gasteiger partial charge in [-0.1, -0.05) is 0 Å². The van der Waals surface area contributed by atoms with E-state index in [1.807, 2.05) is 13.1 Å².